The molecule has 1 unspecified atom stereocenters. The smallest absolute Gasteiger partial charge is 0.475 e. The number of rotatable bonds is 50. The van der Waals surface area contributed by atoms with E-state index in [1.807, 2.05) is 0 Å². The summed E-state index contributed by atoms with van der Waals surface area (Å²) in [6.45, 7) is 12.5. The number of alkyl halides is 9. The molecule has 1 aromatic heterocycles. The minimum absolute atomic E-state index is 0.0782. The maximum atomic E-state index is 13.5. The van der Waals surface area contributed by atoms with Crippen LogP contribution in [-0.2, 0) is 95.2 Å². The Hall–Kier alpha value is -7.04. The van der Waals surface area contributed by atoms with Gasteiger partial charge in [-0.1, -0.05) is 19.3 Å². The van der Waals surface area contributed by atoms with E-state index in [1.165, 1.54) is 6.07 Å². The predicted octanol–water partition coefficient (Wildman–Crippen LogP) is 1.72. The van der Waals surface area contributed by atoms with Gasteiger partial charge in [0.25, 0.3) is 0 Å². The number of carboxylic acid groups (broad SMARTS) is 3. The third-order valence-electron chi connectivity index (χ3n) is 13.7. The van der Waals surface area contributed by atoms with Crippen molar-refractivity contribution in [1.82, 2.24) is 31.2 Å². The van der Waals surface area contributed by atoms with Crippen LogP contribution in [0, 0.1) is 5.95 Å². The molecular formula is C60H98F10N10O23. The first-order valence-electron chi connectivity index (χ1n) is 32.5. The summed E-state index contributed by atoms with van der Waals surface area (Å²) in [7, 11) is 1.64. The number of aromatic nitrogens is 1. The average Bonchev–Trinajstić information content (AvgIpc) is 0.785. The molecule has 2 aliphatic rings. The Morgan fingerprint density at radius 1 is 0.573 bits per heavy atom. The second-order valence-electron chi connectivity index (χ2n) is 21.6. The van der Waals surface area contributed by atoms with Gasteiger partial charge in [0.1, 0.15) is 6.04 Å². The predicted molar refractivity (Wildman–Crippen MR) is 340 cm³/mol. The van der Waals surface area contributed by atoms with Crippen molar-refractivity contribution in [3.8, 4) is 0 Å². The molecule has 2 heterocycles. The number of carboxylic acids is 3. The zero-order valence-electron chi connectivity index (χ0n) is 57.2. The summed E-state index contributed by atoms with van der Waals surface area (Å²) < 4.78 is 174. The highest BCUT2D eigenvalue weighted by Gasteiger charge is 2.44. The summed E-state index contributed by atoms with van der Waals surface area (Å²) in [6.07, 6.45) is -7.43. The lowest BCUT2D eigenvalue weighted by Gasteiger charge is -2.52. The number of amides is 5. The zero-order chi connectivity index (χ0) is 77.2. The minimum Gasteiger partial charge on any atom is -0.475 e. The van der Waals surface area contributed by atoms with E-state index < -0.39 is 66.1 Å². The molecule has 43 heteroatoms. The van der Waals surface area contributed by atoms with Gasteiger partial charge in [0.2, 0.25) is 23.7 Å². The molecule has 596 valence electrons. The fraction of sp³-hybridized carbons (Fsp3) is 0.767. The Bertz CT molecular complexity index is 2460. The van der Waals surface area contributed by atoms with Crippen LogP contribution in [0.1, 0.15) is 70.6 Å². The van der Waals surface area contributed by atoms with E-state index in [0.717, 1.165) is 44.4 Å². The second kappa shape index (κ2) is 58.3. The number of carbonyl (C=O) groups is 8. The highest BCUT2D eigenvalue weighted by Crippen LogP contribution is 2.40. The highest BCUT2D eigenvalue weighted by atomic mass is 19.4. The molecule has 0 bridgehead atoms. The number of aliphatic carboxylic acids is 3. The van der Waals surface area contributed by atoms with E-state index in [-0.39, 0.29) is 74.0 Å². The second-order valence-corrected chi connectivity index (χ2v) is 21.6. The number of nitrogens with zero attached hydrogens (tertiary/aromatic N) is 3. The first-order valence-corrected chi connectivity index (χ1v) is 32.5. The Balaban J connectivity index is 0.00000427. The summed E-state index contributed by atoms with van der Waals surface area (Å²) in [5.74, 6) is -11.8. The number of halogens is 10. The van der Waals surface area contributed by atoms with Crippen LogP contribution >= 0.6 is 0 Å². The number of hydrogen-bond acceptors (Lipinski definition) is 23. The fourth-order valence-electron chi connectivity index (χ4n) is 8.83. The standard InChI is InChI=1S/C54H95FN10O17.3C2HF3O2/c1-71-20-21-73-24-25-75-28-29-77-32-33-79-36-37-81-40-41-82-39-38-80-35-34-78-31-30-76-27-26-74-23-22-72-19-16-58-48(66)9-10-49(67)64-46(6-5-14-60-53(56)57)50(68)59-15-18-65-17-11-44(42-54(65)12-3-2-4-13-54)62-51(69)52(70)63-45-7-8-47(55)61-43-45;3*3-2(4,5)1(6)7/h7-8,43-44,46H,2-6,9-42H2,1H3,(H,58,66)(H,59,68)(H,62,69)(H,63,70)(H,64,67)(H4,56,57,60);3*(H,6,7)/t44?,46-;;;/m0.../s1. The van der Waals surface area contributed by atoms with E-state index in [4.69, 9.17) is 98.0 Å². The maximum Gasteiger partial charge on any atom is 0.490 e. The number of piperidine rings is 1. The van der Waals surface area contributed by atoms with Crippen molar-refractivity contribution in [1.29, 1.82) is 0 Å². The number of aliphatic imine (C=N–C) groups is 1. The van der Waals surface area contributed by atoms with Gasteiger partial charge in [-0.05, 0) is 50.7 Å². The number of anilines is 1. The Labute approximate surface area is 588 Å². The third kappa shape index (κ3) is 54.3. The first kappa shape index (κ1) is 96.0. The lowest BCUT2D eigenvalue weighted by atomic mass is 9.73. The summed E-state index contributed by atoms with van der Waals surface area (Å²) in [5.41, 5.74) is 11.0. The highest BCUT2D eigenvalue weighted by molar-refractivity contribution is 6.39. The van der Waals surface area contributed by atoms with Gasteiger partial charge < -0.3 is 110 Å². The number of methoxy groups -OCH3 is 1. The molecule has 0 radical (unpaired) electrons. The summed E-state index contributed by atoms with van der Waals surface area (Å²) >= 11 is 0. The van der Waals surface area contributed by atoms with Gasteiger partial charge >= 0.3 is 48.3 Å². The van der Waals surface area contributed by atoms with Crippen molar-refractivity contribution < 1.29 is 154 Å². The molecule has 1 aromatic rings. The largest absolute Gasteiger partial charge is 0.490 e. The van der Waals surface area contributed by atoms with Crippen LogP contribution in [0.2, 0.25) is 0 Å². The third-order valence-corrected chi connectivity index (χ3v) is 13.7. The minimum atomic E-state index is -5.08. The van der Waals surface area contributed by atoms with Crippen LogP contribution in [-0.4, -0.2) is 307 Å². The van der Waals surface area contributed by atoms with Gasteiger partial charge in [-0.3, -0.25) is 33.9 Å². The van der Waals surface area contributed by atoms with Crippen LogP contribution in [0.25, 0.3) is 0 Å². The van der Waals surface area contributed by atoms with Gasteiger partial charge in [-0.2, -0.15) is 43.9 Å². The van der Waals surface area contributed by atoms with E-state index >= 15 is 0 Å². The van der Waals surface area contributed by atoms with Gasteiger partial charge in [-0.25, -0.2) is 19.4 Å². The quantitative estimate of drug-likeness (QED) is 0.0111. The van der Waals surface area contributed by atoms with E-state index in [2.05, 4.69) is 41.5 Å². The van der Waals surface area contributed by atoms with E-state index in [9.17, 15) is 67.9 Å². The number of likely N-dealkylation sites (tertiary alicyclic amines) is 1. The SMILES string of the molecule is COCCOCCOCCOCCOCCOCCOCCOCCOCCOCCOCCOCCNC(=O)CCC(=O)N[C@@H](CCCN=C(N)N)C(=O)NCCN1CCC(NC(=O)C(=O)Nc2ccc(F)nc2)CC12CCCCC2.O=C(O)C(F)(F)F.O=C(O)C(F)(F)F.O=C(O)C(F)(F)F. The summed E-state index contributed by atoms with van der Waals surface area (Å²) in [4.78, 5) is 101. The molecule has 12 N–H and O–H groups in total. The van der Waals surface area contributed by atoms with Gasteiger partial charge in [-0.15, -0.1) is 0 Å². The zero-order valence-corrected chi connectivity index (χ0v) is 57.2. The van der Waals surface area contributed by atoms with Crippen molar-refractivity contribution in [2.24, 2.45) is 16.5 Å². The average molecular weight is 1520 g/mol. The molecule has 1 saturated heterocycles. The molecule has 2 atom stereocenters. The number of nitrogens with two attached hydrogens (primary N) is 2. The molecule has 1 saturated carbocycles. The molecule has 5 amide bonds. The van der Waals surface area contributed by atoms with Crippen LogP contribution < -0.4 is 38.1 Å². The van der Waals surface area contributed by atoms with Crippen molar-refractivity contribution in [2.45, 2.75) is 107 Å². The molecule has 1 aliphatic heterocycles. The number of guanidine groups is 1. The lowest BCUT2D eigenvalue weighted by Crippen LogP contribution is -2.61. The maximum absolute atomic E-state index is 13.5. The summed E-state index contributed by atoms with van der Waals surface area (Å²) in [6, 6.07) is 1.30. The Kier molecular flexibility index (Phi) is 54.3. The van der Waals surface area contributed by atoms with E-state index in [1.54, 1.807) is 7.11 Å². The topological polar surface area (TPSA) is 449 Å². The molecule has 1 spiro atoms. The molecule has 3 rings (SSSR count). The molecule has 0 aromatic carbocycles. The Morgan fingerprint density at radius 2 is 0.971 bits per heavy atom. The van der Waals surface area contributed by atoms with E-state index in [0.29, 0.717) is 184 Å². The number of pyridine rings is 1. The molecule has 103 heavy (non-hydrogen) atoms. The van der Waals surface area contributed by atoms with Crippen LogP contribution in [0.15, 0.2) is 23.3 Å². The Morgan fingerprint density at radius 3 is 1.35 bits per heavy atom. The van der Waals surface area contributed by atoms with Crippen molar-refractivity contribution >= 4 is 59.1 Å². The molecular weight excluding hydrogens is 1420 g/mol. The first-order chi connectivity index (χ1) is 48.8. The van der Waals surface area contributed by atoms with Crippen molar-refractivity contribution in [3.63, 3.8) is 0 Å². The normalized spacial score (nSPS) is 14.6. The molecule has 2 fully saturated rings. The van der Waals surface area contributed by atoms with Crippen molar-refractivity contribution in [3.05, 3.63) is 24.3 Å². The number of hydrogen-bond donors (Lipinski definition) is 10. The molecule has 33 nitrogen and oxygen atoms in total. The van der Waals surface area contributed by atoms with Crippen molar-refractivity contribution in [2.75, 3.05) is 197 Å². The van der Waals surface area contributed by atoms with Crippen LogP contribution in [0.3, 0.4) is 0 Å². The molecule has 1 aliphatic carbocycles. The number of carbonyl (C=O) groups excluding carboxylic acids is 5. The van der Waals surface area contributed by atoms with Gasteiger partial charge in [0.15, 0.2) is 5.96 Å². The monoisotopic (exact) mass is 1520 g/mol. The van der Waals surface area contributed by atoms with Crippen LogP contribution in [0.5, 0.6) is 0 Å². The number of ether oxygens (including phenoxy) is 12. The van der Waals surface area contributed by atoms with Crippen LogP contribution in [0.4, 0.5) is 49.6 Å². The lowest BCUT2D eigenvalue weighted by molar-refractivity contribution is -0.193. The number of nitrogens with one attached hydrogen (secondary N) is 5. The fourth-order valence-corrected chi connectivity index (χ4v) is 8.83. The summed E-state index contributed by atoms with van der Waals surface area (Å²) in [5, 5.41) is 35.2. The van der Waals surface area contributed by atoms with Gasteiger partial charge in [0.05, 0.1) is 164 Å². The van der Waals surface area contributed by atoms with Gasteiger partial charge in [0, 0.05) is 64.3 Å².